The van der Waals surface area contributed by atoms with Crippen molar-refractivity contribution in [3.05, 3.63) is 210 Å². The minimum Gasteiger partial charge on any atom is -0.332 e. The molecule has 0 bridgehead atoms. The normalized spacial score (nSPS) is 10.9. The zero-order chi connectivity index (χ0) is 39.6. The van der Waals surface area contributed by atoms with Gasteiger partial charge in [-0.2, -0.15) is 0 Å². The van der Waals surface area contributed by atoms with Crippen molar-refractivity contribution in [2.24, 2.45) is 0 Å². The van der Waals surface area contributed by atoms with Gasteiger partial charge in [0.1, 0.15) is 0 Å². The summed E-state index contributed by atoms with van der Waals surface area (Å²) in [4.78, 5) is 9.58. The second kappa shape index (κ2) is 17.3. The van der Waals surface area contributed by atoms with Crippen molar-refractivity contribution in [2.75, 3.05) is 0 Å². The SMILES string of the molecule is Cc1cc(C)c(-c2ccc3s[c-]c(-c4nc5ccccc5n4-c4c(-c5ccccc5)cc(C)cc4-c4ccccc4)c3c2)c(C)c1.[Ir].[c-]1ccccc1-c1ccccn1. The maximum atomic E-state index is 5.36. The van der Waals surface area contributed by atoms with E-state index in [0.29, 0.717) is 0 Å². The summed E-state index contributed by atoms with van der Waals surface area (Å²) in [5.74, 6) is 0.903. The van der Waals surface area contributed by atoms with E-state index in [0.717, 1.165) is 39.4 Å². The molecule has 0 N–H and O–H groups in total. The maximum absolute atomic E-state index is 5.36. The van der Waals surface area contributed by atoms with Crippen LogP contribution < -0.4 is 0 Å². The summed E-state index contributed by atoms with van der Waals surface area (Å²) in [6.45, 7) is 8.79. The third kappa shape index (κ3) is 7.98. The first-order chi connectivity index (χ1) is 28.4. The first-order valence-electron chi connectivity index (χ1n) is 19.6. The van der Waals surface area contributed by atoms with Crippen LogP contribution in [-0.4, -0.2) is 14.5 Å². The number of para-hydroxylation sites is 2. The first-order valence-corrected chi connectivity index (χ1v) is 20.4. The largest absolute Gasteiger partial charge is 0.332 e. The van der Waals surface area contributed by atoms with E-state index in [1.54, 1.807) is 17.5 Å². The molecule has 0 saturated heterocycles. The van der Waals surface area contributed by atoms with Crippen LogP contribution in [0.2, 0.25) is 0 Å². The molecular weight excluding hydrogens is 915 g/mol. The summed E-state index contributed by atoms with van der Waals surface area (Å²) in [6.07, 6.45) is 1.79. The van der Waals surface area contributed by atoms with Gasteiger partial charge in [0, 0.05) is 37.4 Å². The van der Waals surface area contributed by atoms with Crippen LogP contribution in [0, 0.1) is 39.1 Å². The molecule has 3 aromatic heterocycles. The Hall–Kier alpha value is -6.23. The monoisotopic (exact) mass is 956 g/mol. The topological polar surface area (TPSA) is 30.7 Å². The van der Waals surface area contributed by atoms with Gasteiger partial charge in [-0.05, 0) is 103 Å². The molecule has 7 aromatic carbocycles. The minimum atomic E-state index is 0. The van der Waals surface area contributed by atoms with Crippen LogP contribution in [0.3, 0.4) is 0 Å². The Labute approximate surface area is 364 Å². The van der Waals surface area contributed by atoms with Gasteiger partial charge in [-0.3, -0.25) is 16.3 Å². The van der Waals surface area contributed by atoms with Gasteiger partial charge in [0.2, 0.25) is 0 Å². The fourth-order valence-corrected chi connectivity index (χ4v) is 8.94. The van der Waals surface area contributed by atoms with Crippen molar-refractivity contribution in [3.8, 4) is 61.7 Å². The zero-order valence-corrected chi connectivity index (χ0v) is 36.5. The number of fused-ring (bicyclic) bond motifs is 2. The molecule has 0 spiro atoms. The summed E-state index contributed by atoms with van der Waals surface area (Å²) in [7, 11) is 0. The molecule has 1 radical (unpaired) electrons. The molecule has 0 aliphatic carbocycles. The van der Waals surface area contributed by atoms with Gasteiger partial charge in [-0.25, -0.2) is 0 Å². The van der Waals surface area contributed by atoms with E-state index < -0.39 is 0 Å². The zero-order valence-electron chi connectivity index (χ0n) is 33.3. The molecule has 0 amide bonds. The van der Waals surface area contributed by atoms with Gasteiger partial charge >= 0.3 is 0 Å². The van der Waals surface area contributed by atoms with E-state index in [2.05, 4.69) is 176 Å². The van der Waals surface area contributed by atoms with Crippen LogP contribution >= 0.6 is 11.3 Å². The van der Waals surface area contributed by atoms with E-state index in [1.165, 1.54) is 65.7 Å². The standard InChI is InChI=1S/C43H33N2S.C11H8N.Ir/c1-27-21-29(3)41(30(4)22-27)33-19-20-40-36(25-33)37(26-46-40)43-44-38-17-11-12-18-39(38)45(43)42-34(31-13-7-5-8-14-31)23-28(2)24-35(42)32-15-9-6-10-16-32;1-2-6-10(7-3-1)11-8-4-5-9-12-11;/h5-25H,1-4H3;1-6,8-9H;/q2*-1;. The molecule has 0 aliphatic heterocycles. The number of aromatic nitrogens is 3. The van der Waals surface area contributed by atoms with E-state index in [4.69, 9.17) is 4.98 Å². The molecule has 0 atom stereocenters. The minimum absolute atomic E-state index is 0. The predicted molar refractivity (Wildman–Crippen MR) is 244 cm³/mol. The van der Waals surface area contributed by atoms with Crippen LogP contribution in [0.15, 0.2) is 176 Å². The van der Waals surface area contributed by atoms with E-state index >= 15 is 0 Å². The van der Waals surface area contributed by atoms with Crippen molar-refractivity contribution in [3.63, 3.8) is 0 Å². The Bertz CT molecular complexity index is 2900. The molecule has 3 heterocycles. The molecule has 5 heteroatoms. The molecule has 3 nitrogen and oxygen atoms in total. The van der Waals surface area contributed by atoms with Gasteiger partial charge < -0.3 is 9.55 Å². The van der Waals surface area contributed by atoms with E-state index in [-0.39, 0.29) is 20.1 Å². The van der Waals surface area contributed by atoms with Gasteiger partial charge in [0.25, 0.3) is 0 Å². The fraction of sp³-hybridized carbons (Fsp3) is 0.0741. The molecule has 0 unspecified atom stereocenters. The summed E-state index contributed by atoms with van der Waals surface area (Å²) < 4.78 is 3.59. The number of hydrogen-bond donors (Lipinski definition) is 0. The smallest absolute Gasteiger partial charge is 0.0774 e. The number of hydrogen-bond acceptors (Lipinski definition) is 3. The second-order valence-electron chi connectivity index (χ2n) is 14.8. The van der Waals surface area contributed by atoms with Crippen molar-refractivity contribution in [2.45, 2.75) is 27.7 Å². The van der Waals surface area contributed by atoms with Gasteiger partial charge in [0.05, 0.1) is 22.5 Å². The molecule has 289 valence electrons. The van der Waals surface area contributed by atoms with Crippen LogP contribution in [0.1, 0.15) is 22.3 Å². The van der Waals surface area contributed by atoms with Crippen molar-refractivity contribution < 1.29 is 20.1 Å². The van der Waals surface area contributed by atoms with Crippen LogP contribution in [0.4, 0.5) is 0 Å². The van der Waals surface area contributed by atoms with Crippen LogP contribution in [-0.2, 0) is 20.1 Å². The van der Waals surface area contributed by atoms with Gasteiger partial charge in [-0.1, -0.05) is 136 Å². The number of imidazole rings is 1. The van der Waals surface area contributed by atoms with E-state index in [9.17, 15) is 0 Å². The molecule has 0 aliphatic rings. The number of nitrogens with zero attached hydrogens (tertiary/aromatic N) is 3. The Morgan fingerprint density at radius 3 is 1.85 bits per heavy atom. The Balaban J connectivity index is 0.000000319. The fourth-order valence-electron chi connectivity index (χ4n) is 8.12. The Morgan fingerprint density at radius 2 is 1.20 bits per heavy atom. The summed E-state index contributed by atoms with van der Waals surface area (Å²) in [5.41, 5.74) is 18.5. The third-order valence-corrected chi connectivity index (χ3v) is 11.4. The van der Waals surface area contributed by atoms with Crippen molar-refractivity contribution >= 4 is 32.5 Å². The number of rotatable bonds is 6. The molecule has 10 aromatic rings. The van der Waals surface area contributed by atoms with E-state index in [1.807, 2.05) is 42.5 Å². The van der Waals surface area contributed by atoms with Crippen LogP contribution in [0.5, 0.6) is 0 Å². The number of thiophene rings is 1. The van der Waals surface area contributed by atoms with Crippen molar-refractivity contribution in [1.82, 2.24) is 14.5 Å². The van der Waals surface area contributed by atoms with Gasteiger partial charge in [0.15, 0.2) is 0 Å². The third-order valence-electron chi connectivity index (χ3n) is 10.6. The molecule has 59 heavy (non-hydrogen) atoms. The molecule has 0 saturated carbocycles. The quantitative estimate of drug-likeness (QED) is 0.156. The molecular formula is C54H41IrN3S-2. The second-order valence-corrected chi connectivity index (χ2v) is 15.6. The average Bonchev–Trinajstić information content (AvgIpc) is 3.86. The first kappa shape index (κ1) is 39.6. The average molecular weight is 956 g/mol. The summed E-state index contributed by atoms with van der Waals surface area (Å²) in [6, 6.07) is 62.8. The number of aryl methyl sites for hydroxylation is 4. The molecule has 10 rings (SSSR count). The Morgan fingerprint density at radius 1 is 0.576 bits per heavy atom. The number of pyridine rings is 1. The molecule has 0 fully saturated rings. The summed E-state index contributed by atoms with van der Waals surface area (Å²) in [5, 5.41) is 4.88. The Kier molecular flexibility index (Phi) is 11.6. The summed E-state index contributed by atoms with van der Waals surface area (Å²) >= 11 is 1.66. The predicted octanol–water partition coefficient (Wildman–Crippen LogP) is 14.5. The van der Waals surface area contributed by atoms with Crippen molar-refractivity contribution in [1.29, 1.82) is 0 Å². The van der Waals surface area contributed by atoms with Gasteiger partial charge in [-0.15, -0.1) is 41.3 Å². The number of benzene rings is 7. The van der Waals surface area contributed by atoms with Crippen LogP contribution in [0.25, 0.3) is 82.8 Å². The maximum Gasteiger partial charge on any atom is 0.0774 e.